The van der Waals surface area contributed by atoms with E-state index in [0.29, 0.717) is 17.5 Å². The van der Waals surface area contributed by atoms with Gasteiger partial charge in [-0.2, -0.15) is 0 Å². The lowest BCUT2D eigenvalue weighted by Gasteiger charge is -2.25. The van der Waals surface area contributed by atoms with Gasteiger partial charge in [0.1, 0.15) is 0 Å². The van der Waals surface area contributed by atoms with Crippen molar-refractivity contribution in [2.24, 2.45) is 0 Å². The van der Waals surface area contributed by atoms with Crippen LogP contribution in [-0.4, -0.2) is 33.5 Å². The van der Waals surface area contributed by atoms with Gasteiger partial charge in [0, 0.05) is 18.4 Å². The van der Waals surface area contributed by atoms with Crippen LogP contribution in [0.4, 0.5) is 8.78 Å². The summed E-state index contributed by atoms with van der Waals surface area (Å²) in [6, 6.07) is 4.78. The number of aliphatic hydroxyl groups is 1. The zero-order chi connectivity index (χ0) is 15.9. The molecule has 0 radical (unpaired) electrons. The first-order valence-electron chi connectivity index (χ1n) is 7.05. The fraction of sp³-hybridized carbons (Fsp3) is 0.312. The molecular weight excluding hydrogens is 290 g/mol. The van der Waals surface area contributed by atoms with Gasteiger partial charge in [0.2, 0.25) is 0 Å². The van der Waals surface area contributed by atoms with Crippen LogP contribution in [-0.2, 0) is 0 Å². The Bertz CT molecular complexity index is 714. The molecule has 2 aromatic rings. The predicted octanol–water partition coefficient (Wildman–Crippen LogP) is 2.55. The van der Waals surface area contributed by atoms with Gasteiger partial charge in [-0.1, -0.05) is 6.07 Å². The van der Waals surface area contributed by atoms with E-state index in [2.05, 4.69) is 4.98 Å². The van der Waals surface area contributed by atoms with E-state index in [1.54, 1.807) is 19.2 Å². The minimum Gasteiger partial charge on any atom is -0.391 e. The Morgan fingerprint density at radius 3 is 2.73 bits per heavy atom. The van der Waals surface area contributed by atoms with Gasteiger partial charge in [-0.3, -0.25) is 4.79 Å². The van der Waals surface area contributed by atoms with Gasteiger partial charge in [0.25, 0.3) is 5.91 Å². The van der Waals surface area contributed by atoms with Gasteiger partial charge in [-0.15, -0.1) is 0 Å². The second-order valence-corrected chi connectivity index (χ2v) is 5.55. The van der Waals surface area contributed by atoms with E-state index < -0.39 is 23.8 Å². The van der Waals surface area contributed by atoms with Gasteiger partial charge in [-0.05, 0) is 37.1 Å². The number of carbonyl (C=O) groups is 1. The number of aryl methyl sites for hydroxylation is 1. The molecule has 4 nitrogen and oxygen atoms in total. The van der Waals surface area contributed by atoms with Gasteiger partial charge in [-0.25, -0.2) is 8.78 Å². The molecule has 0 saturated carbocycles. The maximum absolute atomic E-state index is 13.4. The summed E-state index contributed by atoms with van der Waals surface area (Å²) in [5, 5.41) is 9.90. The second-order valence-electron chi connectivity index (χ2n) is 5.55. The molecule has 1 aliphatic heterocycles. The summed E-state index contributed by atoms with van der Waals surface area (Å²) >= 11 is 0. The van der Waals surface area contributed by atoms with Crippen molar-refractivity contribution in [3.8, 4) is 0 Å². The SMILES string of the molecule is Cc1[nH]ccc1C(=O)N1C[C@@H](O)C[C@H]1c1ccc(F)c(F)c1. The van der Waals surface area contributed by atoms with Crippen LogP contribution in [0.3, 0.4) is 0 Å². The van der Waals surface area contributed by atoms with Crippen LogP contribution in [0.5, 0.6) is 0 Å². The van der Waals surface area contributed by atoms with E-state index in [4.69, 9.17) is 0 Å². The minimum atomic E-state index is -0.955. The number of halogens is 2. The highest BCUT2D eigenvalue weighted by atomic mass is 19.2. The van der Waals surface area contributed by atoms with Crippen LogP contribution in [0, 0.1) is 18.6 Å². The summed E-state index contributed by atoms with van der Waals surface area (Å²) in [5.41, 5.74) is 1.73. The van der Waals surface area contributed by atoms with Crippen LogP contribution in [0.1, 0.15) is 34.1 Å². The molecule has 1 amide bonds. The van der Waals surface area contributed by atoms with Crippen LogP contribution >= 0.6 is 0 Å². The smallest absolute Gasteiger partial charge is 0.256 e. The van der Waals surface area contributed by atoms with Crippen LogP contribution < -0.4 is 0 Å². The van der Waals surface area contributed by atoms with Crippen LogP contribution in [0.15, 0.2) is 30.5 Å². The number of aliphatic hydroxyl groups excluding tert-OH is 1. The van der Waals surface area contributed by atoms with E-state index in [0.717, 1.165) is 17.8 Å². The predicted molar refractivity (Wildman–Crippen MR) is 76.3 cm³/mol. The maximum Gasteiger partial charge on any atom is 0.256 e. The molecule has 0 bridgehead atoms. The molecule has 1 aliphatic rings. The van der Waals surface area contributed by atoms with E-state index >= 15 is 0 Å². The summed E-state index contributed by atoms with van der Waals surface area (Å²) in [6.45, 7) is 1.96. The number of nitrogens with one attached hydrogen (secondary N) is 1. The van der Waals surface area contributed by atoms with Crippen molar-refractivity contribution in [2.45, 2.75) is 25.5 Å². The Morgan fingerprint density at radius 2 is 2.09 bits per heavy atom. The summed E-state index contributed by atoms with van der Waals surface area (Å²) in [5.74, 6) is -2.12. The lowest BCUT2D eigenvalue weighted by molar-refractivity contribution is 0.0715. The molecule has 0 spiro atoms. The lowest BCUT2D eigenvalue weighted by atomic mass is 10.0. The Labute approximate surface area is 126 Å². The first kappa shape index (κ1) is 14.7. The summed E-state index contributed by atoms with van der Waals surface area (Å²) < 4.78 is 26.5. The molecule has 0 unspecified atom stereocenters. The second kappa shape index (κ2) is 5.53. The summed E-state index contributed by atoms with van der Waals surface area (Å²) in [4.78, 5) is 17.1. The van der Waals surface area contributed by atoms with Crippen molar-refractivity contribution in [1.29, 1.82) is 0 Å². The quantitative estimate of drug-likeness (QED) is 0.896. The summed E-state index contributed by atoms with van der Waals surface area (Å²) in [6.07, 6.45) is 1.29. The number of hydrogen-bond donors (Lipinski definition) is 2. The minimum absolute atomic E-state index is 0.174. The summed E-state index contributed by atoms with van der Waals surface area (Å²) in [7, 11) is 0. The highest BCUT2D eigenvalue weighted by Crippen LogP contribution is 2.34. The third-order valence-electron chi connectivity index (χ3n) is 4.05. The first-order chi connectivity index (χ1) is 10.5. The molecule has 1 aromatic heterocycles. The maximum atomic E-state index is 13.4. The van der Waals surface area contributed by atoms with E-state index in [9.17, 15) is 18.7 Å². The zero-order valence-corrected chi connectivity index (χ0v) is 12.0. The van der Waals surface area contributed by atoms with Crippen LogP contribution in [0.25, 0.3) is 0 Å². The molecule has 1 aromatic carbocycles. The van der Waals surface area contributed by atoms with Gasteiger partial charge >= 0.3 is 0 Å². The van der Waals surface area contributed by atoms with E-state index in [1.807, 2.05) is 0 Å². The Hall–Kier alpha value is -2.21. The number of H-pyrrole nitrogens is 1. The Balaban J connectivity index is 1.94. The normalized spacial score (nSPS) is 21.4. The number of nitrogens with zero attached hydrogens (tertiary/aromatic N) is 1. The fourth-order valence-electron chi connectivity index (χ4n) is 2.91. The number of rotatable bonds is 2. The van der Waals surface area contributed by atoms with Crippen molar-refractivity contribution in [1.82, 2.24) is 9.88 Å². The first-order valence-corrected chi connectivity index (χ1v) is 7.05. The van der Waals surface area contributed by atoms with Crippen molar-refractivity contribution < 1.29 is 18.7 Å². The zero-order valence-electron chi connectivity index (χ0n) is 12.0. The Kier molecular flexibility index (Phi) is 3.70. The molecule has 3 rings (SSSR count). The molecule has 1 fully saturated rings. The average molecular weight is 306 g/mol. The molecule has 1 saturated heterocycles. The van der Waals surface area contributed by atoms with Crippen molar-refractivity contribution in [3.63, 3.8) is 0 Å². The number of benzene rings is 1. The fourth-order valence-corrected chi connectivity index (χ4v) is 2.91. The van der Waals surface area contributed by atoms with Crippen LogP contribution in [0.2, 0.25) is 0 Å². The number of likely N-dealkylation sites (tertiary alicyclic amines) is 1. The lowest BCUT2D eigenvalue weighted by Crippen LogP contribution is -2.32. The average Bonchev–Trinajstić information content (AvgIpc) is 3.07. The number of β-amino-alcohol motifs (C(OH)–C–C–N with tert-alkyl or cyclic N) is 1. The molecule has 2 N–H and O–H groups in total. The largest absolute Gasteiger partial charge is 0.391 e. The molecular formula is C16H16F2N2O2. The Morgan fingerprint density at radius 1 is 1.32 bits per heavy atom. The number of aromatic nitrogens is 1. The van der Waals surface area contributed by atoms with Crippen molar-refractivity contribution in [2.75, 3.05) is 6.54 Å². The van der Waals surface area contributed by atoms with E-state index in [1.165, 1.54) is 11.0 Å². The van der Waals surface area contributed by atoms with Gasteiger partial charge in [0.15, 0.2) is 11.6 Å². The number of hydrogen-bond acceptors (Lipinski definition) is 2. The molecule has 116 valence electrons. The number of aromatic amines is 1. The number of carbonyl (C=O) groups excluding carboxylic acids is 1. The standard InChI is InChI=1S/C16H16F2N2O2/c1-9-12(4-5-19-9)16(22)20-8-11(21)7-15(20)10-2-3-13(17)14(18)6-10/h2-6,11,15,19,21H,7-8H2,1H3/t11-,15-/m0/s1. The molecule has 2 heterocycles. The highest BCUT2D eigenvalue weighted by molar-refractivity contribution is 5.95. The third-order valence-corrected chi connectivity index (χ3v) is 4.05. The third kappa shape index (κ3) is 2.50. The topological polar surface area (TPSA) is 56.3 Å². The van der Waals surface area contributed by atoms with Gasteiger partial charge in [0.05, 0.1) is 17.7 Å². The highest BCUT2D eigenvalue weighted by Gasteiger charge is 2.36. The molecule has 2 atom stereocenters. The molecule has 22 heavy (non-hydrogen) atoms. The van der Waals surface area contributed by atoms with Gasteiger partial charge < -0.3 is 15.0 Å². The molecule has 0 aliphatic carbocycles. The number of amides is 1. The monoisotopic (exact) mass is 306 g/mol. The van der Waals surface area contributed by atoms with Crippen molar-refractivity contribution in [3.05, 3.63) is 58.9 Å². The van der Waals surface area contributed by atoms with E-state index in [-0.39, 0.29) is 12.5 Å². The molecule has 6 heteroatoms. The van der Waals surface area contributed by atoms with Crippen molar-refractivity contribution >= 4 is 5.91 Å².